The summed E-state index contributed by atoms with van der Waals surface area (Å²) in [6.45, 7) is 3.96. The van der Waals surface area contributed by atoms with Gasteiger partial charge >= 0.3 is 5.97 Å². The number of benzene rings is 2. The summed E-state index contributed by atoms with van der Waals surface area (Å²) in [4.78, 5) is 37.2. The fraction of sp³-hybridized carbons (Fsp3) is 0.190. The van der Waals surface area contributed by atoms with Gasteiger partial charge < -0.3 is 9.84 Å². The molecule has 28 heavy (non-hydrogen) atoms. The van der Waals surface area contributed by atoms with E-state index >= 15 is 0 Å². The number of carboxylic acids is 1. The second-order valence-electron chi connectivity index (χ2n) is 6.35. The third-order valence-electron chi connectivity index (χ3n) is 4.28. The molecule has 7 heteroatoms. The molecule has 0 radical (unpaired) electrons. The summed E-state index contributed by atoms with van der Waals surface area (Å²) >= 11 is 0.889. The molecule has 0 bridgehead atoms. The average molecular weight is 397 g/mol. The van der Waals surface area contributed by atoms with Crippen LogP contribution >= 0.6 is 11.8 Å². The lowest BCUT2D eigenvalue weighted by Crippen LogP contribution is -2.27. The van der Waals surface area contributed by atoms with Crippen LogP contribution in [-0.2, 0) is 9.59 Å². The van der Waals surface area contributed by atoms with Gasteiger partial charge in [-0.05, 0) is 72.6 Å². The van der Waals surface area contributed by atoms with Gasteiger partial charge in [0.2, 0.25) is 0 Å². The van der Waals surface area contributed by atoms with Crippen molar-refractivity contribution in [2.45, 2.75) is 20.3 Å². The van der Waals surface area contributed by atoms with Crippen LogP contribution in [0.5, 0.6) is 5.75 Å². The van der Waals surface area contributed by atoms with Crippen molar-refractivity contribution in [2.75, 3.05) is 11.5 Å². The minimum atomic E-state index is -0.934. The van der Waals surface area contributed by atoms with E-state index in [9.17, 15) is 14.4 Å². The van der Waals surface area contributed by atoms with Crippen LogP contribution in [0.2, 0.25) is 0 Å². The highest BCUT2D eigenvalue weighted by atomic mass is 32.2. The molecule has 0 atom stereocenters. The Hall–Kier alpha value is -3.06. The van der Waals surface area contributed by atoms with Crippen molar-refractivity contribution in [3.63, 3.8) is 0 Å². The number of imide groups is 1. The molecule has 1 heterocycles. The Labute approximate surface area is 166 Å². The monoisotopic (exact) mass is 397 g/mol. The Morgan fingerprint density at radius 3 is 2.64 bits per heavy atom. The minimum absolute atomic E-state index is 0.0576. The SMILES string of the molecule is Cc1ccc(N2C(=O)S/C(=C/c3cccc(OCCC(=O)O)c3)C2=O)cc1C. The second kappa shape index (κ2) is 8.31. The van der Waals surface area contributed by atoms with Crippen molar-refractivity contribution in [2.24, 2.45) is 0 Å². The highest BCUT2D eigenvalue weighted by molar-refractivity contribution is 8.19. The van der Waals surface area contributed by atoms with Crippen LogP contribution in [0.25, 0.3) is 6.08 Å². The van der Waals surface area contributed by atoms with E-state index in [4.69, 9.17) is 9.84 Å². The van der Waals surface area contributed by atoms with Crippen LogP contribution in [0, 0.1) is 13.8 Å². The summed E-state index contributed by atoms with van der Waals surface area (Å²) in [6.07, 6.45) is 1.54. The van der Waals surface area contributed by atoms with Gasteiger partial charge in [-0.3, -0.25) is 14.4 Å². The maximum absolute atomic E-state index is 12.8. The number of hydrogen-bond donors (Lipinski definition) is 1. The number of hydrogen-bond acceptors (Lipinski definition) is 5. The molecule has 1 fully saturated rings. The van der Waals surface area contributed by atoms with Crippen LogP contribution in [-0.4, -0.2) is 28.8 Å². The number of carbonyl (C=O) groups is 3. The van der Waals surface area contributed by atoms with Gasteiger partial charge in [0.1, 0.15) is 5.75 Å². The lowest BCUT2D eigenvalue weighted by Gasteiger charge is -2.14. The van der Waals surface area contributed by atoms with Gasteiger partial charge in [-0.15, -0.1) is 0 Å². The molecular weight excluding hydrogens is 378 g/mol. The summed E-state index contributed by atoms with van der Waals surface area (Å²) in [6, 6.07) is 12.4. The van der Waals surface area contributed by atoms with Gasteiger partial charge in [0.05, 0.1) is 23.6 Å². The molecule has 3 rings (SSSR count). The number of carbonyl (C=O) groups excluding carboxylic acids is 2. The first kappa shape index (κ1) is 19.7. The van der Waals surface area contributed by atoms with Crippen molar-refractivity contribution in [1.29, 1.82) is 0 Å². The van der Waals surface area contributed by atoms with Gasteiger partial charge in [0, 0.05) is 0 Å². The predicted molar refractivity (Wildman–Crippen MR) is 109 cm³/mol. The molecule has 2 aromatic rings. The van der Waals surface area contributed by atoms with Crippen molar-refractivity contribution < 1.29 is 24.2 Å². The highest BCUT2D eigenvalue weighted by Crippen LogP contribution is 2.36. The van der Waals surface area contributed by atoms with E-state index < -0.39 is 5.97 Å². The molecular formula is C21H19NO5S. The molecule has 1 saturated heterocycles. The van der Waals surface area contributed by atoms with E-state index in [1.165, 1.54) is 4.90 Å². The van der Waals surface area contributed by atoms with Crippen LogP contribution in [0.15, 0.2) is 47.4 Å². The maximum Gasteiger partial charge on any atom is 0.306 e. The van der Waals surface area contributed by atoms with Crippen molar-refractivity contribution in [1.82, 2.24) is 0 Å². The van der Waals surface area contributed by atoms with Gasteiger partial charge in [0.25, 0.3) is 11.1 Å². The normalized spacial score (nSPS) is 15.4. The summed E-state index contributed by atoms with van der Waals surface area (Å²) in [7, 11) is 0. The summed E-state index contributed by atoms with van der Waals surface area (Å²) in [5, 5.41) is 8.34. The Balaban J connectivity index is 1.80. The first-order valence-electron chi connectivity index (χ1n) is 8.65. The van der Waals surface area contributed by atoms with Gasteiger partial charge in [-0.1, -0.05) is 18.2 Å². The number of nitrogens with zero attached hydrogens (tertiary/aromatic N) is 1. The van der Waals surface area contributed by atoms with Crippen LogP contribution < -0.4 is 9.64 Å². The average Bonchev–Trinajstić information content (AvgIpc) is 2.91. The predicted octanol–water partition coefficient (Wildman–Crippen LogP) is 4.40. The Morgan fingerprint density at radius 1 is 1.14 bits per heavy atom. The van der Waals surface area contributed by atoms with Crippen molar-refractivity contribution >= 4 is 40.6 Å². The molecule has 0 saturated carbocycles. The van der Waals surface area contributed by atoms with Gasteiger partial charge in [-0.2, -0.15) is 0 Å². The number of aryl methyl sites for hydroxylation is 2. The first-order chi connectivity index (χ1) is 13.3. The molecule has 1 aliphatic rings. The van der Waals surface area contributed by atoms with E-state index in [0.29, 0.717) is 21.9 Å². The molecule has 1 N–H and O–H groups in total. The minimum Gasteiger partial charge on any atom is -0.493 e. The zero-order chi connectivity index (χ0) is 20.3. The van der Waals surface area contributed by atoms with Gasteiger partial charge in [-0.25, -0.2) is 4.90 Å². The number of rotatable bonds is 6. The lowest BCUT2D eigenvalue weighted by atomic mass is 10.1. The number of amides is 2. The number of aliphatic carboxylic acids is 1. The Morgan fingerprint density at radius 2 is 1.93 bits per heavy atom. The van der Waals surface area contributed by atoms with E-state index in [1.807, 2.05) is 26.0 Å². The van der Waals surface area contributed by atoms with Crippen molar-refractivity contribution in [3.05, 3.63) is 64.1 Å². The largest absolute Gasteiger partial charge is 0.493 e. The highest BCUT2D eigenvalue weighted by Gasteiger charge is 2.36. The molecule has 0 aromatic heterocycles. The fourth-order valence-corrected chi connectivity index (χ4v) is 3.50. The quantitative estimate of drug-likeness (QED) is 0.728. The van der Waals surface area contributed by atoms with E-state index in [0.717, 1.165) is 22.9 Å². The molecule has 0 spiro atoms. The van der Waals surface area contributed by atoms with E-state index in [2.05, 4.69) is 0 Å². The topological polar surface area (TPSA) is 83.9 Å². The number of carboxylic acid groups (broad SMARTS) is 1. The van der Waals surface area contributed by atoms with Crippen LogP contribution in [0.4, 0.5) is 10.5 Å². The lowest BCUT2D eigenvalue weighted by molar-refractivity contribution is -0.137. The molecule has 1 aliphatic heterocycles. The van der Waals surface area contributed by atoms with Crippen LogP contribution in [0.3, 0.4) is 0 Å². The Bertz CT molecular complexity index is 983. The Kier molecular flexibility index (Phi) is 5.84. The molecule has 2 amide bonds. The van der Waals surface area contributed by atoms with Crippen molar-refractivity contribution in [3.8, 4) is 5.75 Å². The summed E-state index contributed by atoms with van der Waals surface area (Å²) in [5.74, 6) is -0.796. The smallest absolute Gasteiger partial charge is 0.306 e. The van der Waals surface area contributed by atoms with Gasteiger partial charge in [0.15, 0.2) is 0 Å². The molecule has 144 valence electrons. The summed E-state index contributed by atoms with van der Waals surface area (Å²) < 4.78 is 5.41. The fourth-order valence-electron chi connectivity index (χ4n) is 2.66. The second-order valence-corrected chi connectivity index (χ2v) is 7.34. The molecule has 0 aliphatic carbocycles. The van der Waals surface area contributed by atoms with Crippen LogP contribution in [0.1, 0.15) is 23.1 Å². The molecule has 0 unspecified atom stereocenters. The number of ether oxygens (including phenoxy) is 1. The first-order valence-corrected chi connectivity index (χ1v) is 9.46. The third kappa shape index (κ3) is 4.43. The zero-order valence-electron chi connectivity index (χ0n) is 15.5. The van der Waals surface area contributed by atoms with E-state index in [1.54, 1.807) is 36.4 Å². The molecule has 6 nitrogen and oxygen atoms in total. The standard InChI is InChI=1S/C21H19NO5S/c1-13-6-7-16(10-14(13)2)22-20(25)18(28-21(22)26)12-15-4-3-5-17(11-15)27-9-8-19(23)24/h3-7,10-12H,8-9H2,1-2H3,(H,23,24)/b18-12+. The molecule has 2 aromatic carbocycles. The summed E-state index contributed by atoms with van der Waals surface area (Å²) in [5.41, 5.74) is 3.34. The number of anilines is 1. The maximum atomic E-state index is 12.8. The van der Waals surface area contributed by atoms with E-state index in [-0.39, 0.29) is 24.2 Å². The number of thioether (sulfide) groups is 1. The third-order valence-corrected chi connectivity index (χ3v) is 5.15. The zero-order valence-corrected chi connectivity index (χ0v) is 16.3.